The van der Waals surface area contributed by atoms with Crippen LogP contribution in [0.15, 0.2) is 27.5 Å². The molecule has 0 aliphatic heterocycles. The Balaban J connectivity index is 2.66. The highest BCUT2D eigenvalue weighted by atomic mass is 79.9. The van der Waals surface area contributed by atoms with Crippen molar-refractivity contribution in [3.63, 3.8) is 0 Å². The topological polar surface area (TPSA) is 60.2 Å². The van der Waals surface area contributed by atoms with Gasteiger partial charge in [0.1, 0.15) is 5.52 Å². The molecule has 0 amide bonds. The van der Waals surface area contributed by atoms with Gasteiger partial charge in [-0.15, -0.1) is 0 Å². The monoisotopic (exact) mass is 309 g/mol. The highest BCUT2D eigenvalue weighted by molar-refractivity contribution is 9.08. The van der Waals surface area contributed by atoms with Crippen LogP contribution in [0.25, 0.3) is 11.1 Å². The summed E-state index contributed by atoms with van der Waals surface area (Å²) in [5, 5.41) is 0.477. The van der Waals surface area contributed by atoms with Crippen LogP contribution in [0.1, 0.15) is 5.89 Å². The number of hydrogen-bond donors (Lipinski definition) is 0. The first-order chi connectivity index (χ1) is 7.00. The molecule has 1 aromatic heterocycles. The third-order valence-corrected chi connectivity index (χ3v) is 3.63. The van der Waals surface area contributed by atoms with Gasteiger partial charge in [0.25, 0.3) is 9.05 Å². The molecule has 2 rings (SSSR count). The minimum atomic E-state index is -3.72. The van der Waals surface area contributed by atoms with E-state index in [9.17, 15) is 8.42 Å². The van der Waals surface area contributed by atoms with E-state index in [2.05, 4.69) is 20.9 Å². The summed E-state index contributed by atoms with van der Waals surface area (Å²) >= 11 is 3.19. The molecule has 0 aliphatic rings. The average molecular weight is 311 g/mol. The molecule has 0 saturated carbocycles. The van der Waals surface area contributed by atoms with E-state index in [1.165, 1.54) is 12.1 Å². The van der Waals surface area contributed by atoms with E-state index in [0.717, 1.165) is 0 Å². The Morgan fingerprint density at radius 3 is 2.80 bits per heavy atom. The van der Waals surface area contributed by atoms with E-state index in [-0.39, 0.29) is 4.90 Å². The number of nitrogens with zero attached hydrogens (tertiary/aromatic N) is 1. The number of aromatic nitrogens is 1. The first-order valence-corrected chi connectivity index (χ1v) is 7.34. The molecule has 7 heteroatoms. The third-order valence-electron chi connectivity index (χ3n) is 1.80. The predicted octanol–water partition coefficient (Wildman–Crippen LogP) is 2.65. The number of alkyl halides is 1. The second-order valence-corrected chi connectivity index (χ2v) is 5.94. The highest BCUT2D eigenvalue weighted by Gasteiger charge is 2.13. The lowest BCUT2D eigenvalue weighted by atomic mass is 10.3. The quantitative estimate of drug-likeness (QED) is 0.632. The number of halogens is 2. The van der Waals surface area contributed by atoms with Gasteiger partial charge in [-0.3, -0.25) is 0 Å². The van der Waals surface area contributed by atoms with Crippen molar-refractivity contribution in [3.05, 3.63) is 24.1 Å². The molecule has 0 aliphatic carbocycles. The maximum atomic E-state index is 11.0. The molecule has 1 aromatic carbocycles. The van der Waals surface area contributed by atoms with Gasteiger partial charge in [0.15, 0.2) is 5.58 Å². The summed E-state index contributed by atoms with van der Waals surface area (Å²) in [5.41, 5.74) is 1.01. The van der Waals surface area contributed by atoms with Crippen LogP contribution in [0.4, 0.5) is 0 Å². The zero-order chi connectivity index (χ0) is 11.1. The minimum Gasteiger partial charge on any atom is -0.440 e. The molecule has 0 radical (unpaired) electrons. The van der Waals surface area contributed by atoms with E-state index in [1.54, 1.807) is 6.07 Å². The maximum Gasteiger partial charge on any atom is 0.261 e. The van der Waals surface area contributed by atoms with Crippen LogP contribution in [-0.2, 0) is 14.4 Å². The Kier molecular flexibility index (Phi) is 2.74. The Morgan fingerprint density at radius 2 is 2.20 bits per heavy atom. The fourth-order valence-electron chi connectivity index (χ4n) is 1.16. The molecule has 15 heavy (non-hydrogen) atoms. The van der Waals surface area contributed by atoms with Gasteiger partial charge in [-0.25, -0.2) is 13.4 Å². The zero-order valence-corrected chi connectivity index (χ0v) is 10.4. The summed E-state index contributed by atoms with van der Waals surface area (Å²) in [6, 6.07) is 4.31. The molecule has 2 aromatic rings. The van der Waals surface area contributed by atoms with Gasteiger partial charge in [0.05, 0.1) is 10.2 Å². The average Bonchev–Trinajstić information content (AvgIpc) is 2.57. The van der Waals surface area contributed by atoms with E-state index in [4.69, 9.17) is 15.1 Å². The van der Waals surface area contributed by atoms with Crippen molar-refractivity contribution in [2.24, 2.45) is 0 Å². The van der Waals surface area contributed by atoms with Gasteiger partial charge in [0.2, 0.25) is 5.89 Å². The van der Waals surface area contributed by atoms with E-state index in [1.807, 2.05) is 0 Å². The summed E-state index contributed by atoms with van der Waals surface area (Å²) < 4.78 is 27.4. The van der Waals surface area contributed by atoms with Crippen LogP contribution in [0.2, 0.25) is 0 Å². The Morgan fingerprint density at radius 1 is 1.47 bits per heavy atom. The van der Waals surface area contributed by atoms with Gasteiger partial charge < -0.3 is 4.42 Å². The molecule has 0 bridgehead atoms. The van der Waals surface area contributed by atoms with E-state index in [0.29, 0.717) is 22.3 Å². The summed E-state index contributed by atoms with van der Waals surface area (Å²) in [5.74, 6) is 0.495. The fraction of sp³-hybridized carbons (Fsp3) is 0.125. The van der Waals surface area contributed by atoms with Crippen LogP contribution >= 0.6 is 26.6 Å². The van der Waals surface area contributed by atoms with Crippen molar-refractivity contribution >= 4 is 46.8 Å². The molecule has 0 atom stereocenters. The second kappa shape index (κ2) is 3.77. The Labute approximate surface area is 98.8 Å². The zero-order valence-electron chi connectivity index (χ0n) is 7.28. The SMILES string of the molecule is O=S(=O)(Cl)c1ccc2nc(CBr)oc2c1. The first-order valence-electron chi connectivity index (χ1n) is 3.91. The molecule has 0 saturated heterocycles. The lowest BCUT2D eigenvalue weighted by molar-refractivity contribution is 0.556. The molecule has 0 unspecified atom stereocenters. The maximum absolute atomic E-state index is 11.0. The van der Waals surface area contributed by atoms with Crippen LogP contribution in [-0.4, -0.2) is 13.4 Å². The molecule has 1 heterocycles. The van der Waals surface area contributed by atoms with Crippen molar-refractivity contribution in [2.75, 3.05) is 0 Å². The summed E-state index contributed by atoms with van der Waals surface area (Å²) in [7, 11) is 1.48. The van der Waals surface area contributed by atoms with Crippen molar-refractivity contribution in [3.8, 4) is 0 Å². The van der Waals surface area contributed by atoms with Crippen molar-refractivity contribution in [1.29, 1.82) is 0 Å². The standard InChI is InChI=1S/C8H5BrClNO3S/c9-4-8-11-6-2-1-5(15(10,12)13)3-7(6)14-8/h1-3H,4H2. The second-order valence-electron chi connectivity index (χ2n) is 2.81. The molecule has 80 valence electrons. The van der Waals surface area contributed by atoms with Gasteiger partial charge in [-0.1, -0.05) is 15.9 Å². The number of benzene rings is 1. The van der Waals surface area contributed by atoms with Crippen LogP contribution < -0.4 is 0 Å². The number of oxazole rings is 1. The van der Waals surface area contributed by atoms with Gasteiger partial charge in [-0.2, -0.15) is 0 Å². The number of fused-ring (bicyclic) bond motifs is 1. The number of hydrogen-bond acceptors (Lipinski definition) is 4. The number of rotatable bonds is 2. The largest absolute Gasteiger partial charge is 0.440 e. The third kappa shape index (κ3) is 2.16. The van der Waals surface area contributed by atoms with Crippen molar-refractivity contribution in [1.82, 2.24) is 4.98 Å². The molecule has 0 spiro atoms. The summed E-state index contributed by atoms with van der Waals surface area (Å²) in [4.78, 5) is 4.11. The van der Waals surface area contributed by atoms with Gasteiger partial charge in [0, 0.05) is 16.7 Å². The molecular weight excluding hydrogens is 306 g/mol. The van der Waals surface area contributed by atoms with Crippen LogP contribution in [0, 0.1) is 0 Å². The van der Waals surface area contributed by atoms with Crippen LogP contribution in [0.3, 0.4) is 0 Å². The molecule has 0 fully saturated rings. The lowest BCUT2D eigenvalue weighted by Crippen LogP contribution is -1.88. The lowest BCUT2D eigenvalue weighted by Gasteiger charge is -1.93. The molecular formula is C8H5BrClNO3S. The van der Waals surface area contributed by atoms with Crippen LogP contribution in [0.5, 0.6) is 0 Å². The van der Waals surface area contributed by atoms with Crippen molar-refractivity contribution in [2.45, 2.75) is 10.2 Å². The smallest absolute Gasteiger partial charge is 0.261 e. The van der Waals surface area contributed by atoms with Crippen molar-refractivity contribution < 1.29 is 12.8 Å². The van der Waals surface area contributed by atoms with Gasteiger partial charge >= 0.3 is 0 Å². The van der Waals surface area contributed by atoms with E-state index >= 15 is 0 Å². The summed E-state index contributed by atoms with van der Waals surface area (Å²) in [6.45, 7) is 0. The Hall–Kier alpha value is -0.590. The van der Waals surface area contributed by atoms with E-state index < -0.39 is 9.05 Å². The minimum absolute atomic E-state index is 0.00828. The fourth-order valence-corrected chi connectivity index (χ4v) is 2.17. The summed E-state index contributed by atoms with van der Waals surface area (Å²) in [6.07, 6.45) is 0. The Bertz CT molecular complexity index is 607. The normalized spacial score (nSPS) is 12.1. The predicted molar refractivity (Wildman–Crippen MR) is 59.7 cm³/mol. The highest BCUT2D eigenvalue weighted by Crippen LogP contribution is 2.22. The molecule has 0 N–H and O–H groups in total. The van der Waals surface area contributed by atoms with Gasteiger partial charge in [-0.05, 0) is 12.1 Å². The first kappa shape index (κ1) is 10.9. The molecule has 4 nitrogen and oxygen atoms in total.